The predicted molar refractivity (Wildman–Crippen MR) is 118 cm³/mol. The Morgan fingerprint density at radius 2 is 1.96 bits per heavy atom. The van der Waals surface area contributed by atoms with Gasteiger partial charge in [-0.1, -0.05) is 50.4 Å². The molecule has 3 rings (SSSR count). The minimum atomic E-state index is -0.203. The third-order valence-corrected chi connectivity index (χ3v) is 5.40. The number of benzene rings is 2. The summed E-state index contributed by atoms with van der Waals surface area (Å²) in [6, 6.07) is 15.4. The first kappa shape index (κ1) is 20.3. The number of H-pyrrole nitrogens is 1. The molecule has 0 spiro atoms. The fourth-order valence-corrected chi connectivity index (χ4v) is 4.01. The molecule has 0 fully saturated rings. The van der Waals surface area contributed by atoms with E-state index in [1.165, 1.54) is 0 Å². The number of hydrogen-bond acceptors (Lipinski definition) is 1. The number of aryl methyl sites for hydroxylation is 1. The average molecular weight is 398 g/mol. The van der Waals surface area contributed by atoms with Crippen LogP contribution in [0.25, 0.3) is 10.9 Å². The summed E-state index contributed by atoms with van der Waals surface area (Å²) >= 11 is 6.21. The molecule has 1 aromatic heterocycles. The normalized spacial score (nSPS) is 13.3. The molecule has 0 aliphatic rings. The van der Waals surface area contributed by atoms with E-state index in [9.17, 15) is 4.79 Å². The van der Waals surface area contributed by atoms with E-state index < -0.39 is 0 Å². The number of nitrogens with one attached hydrogen (secondary N) is 3. The quantitative estimate of drug-likeness (QED) is 0.402. The molecular weight excluding hydrogens is 370 g/mol. The van der Waals surface area contributed by atoms with Crippen LogP contribution in [0, 0.1) is 12.8 Å². The molecule has 5 heteroatoms. The van der Waals surface area contributed by atoms with Crippen LogP contribution in [0.3, 0.4) is 0 Å². The van der Waals surface area contributed by atoms with Crippen molar-refractivity contribution in [2.45, 2.75) is 46.1 Å². The van der Waals surface area contributed by atoms with Crippen molar-refractivity contribution in [1.82, 2.24) is 10.3 Å². The predicted octanol–water partition coefficient (Wildman–Crippen LogP) is 6.82. The Bertz CT molecular complexity index is 950. The zero-order valence-electron chi connectivity index (χ0n) is 16.7. The number of amides is 2. The lowest BCUT2D eigenvalue weighted by molar-refractivity contribution is 0.240. The molecule has 3 N–H and O–H groups in total. The first-order valence-electron chi connectivity index (χ1n) is 9.92. The minimum Gasteiger partial charge on any atom is -0.359 e. The lowest BCUT2D eigenvalue weighted by Gasteiger charge is -2.28. The Balaban J connectivity index is 1.79. The first-order valence-corrected chi connectivity index (χ1v) is 10.3. The molecule has 0 bridgehead atoms. The van der Waals surface area contributed by atoms with Gasteiger partial charge in [-0.3, -0.25) is 0 Å². The van der Waals surface area contributed by atoms with Crippen molar-refractivity contribution in [3.05, 3.63) is 64.8 Å². The molecule has 3 aromatic rings. The van der Waals surface area contributed by atoms with Crippen LogP contribution in [-0.2, 0) is 0 Å². The van der Waals surface area contributed by atoms with E-state index in [1.54, 1.807) is 0 Å². The van der Waals surface area contributed by atoms with Gasteiger partial charge in [-0.2, -0.15) is 0 Å². The zero-order chi connectivity index (χ0) is 20.1. The number of urea groups is 1. The van der Waals surface area contributed by atoms with Gasteiger partial charge in [-0.25, -0.2) is 4.79 Å². The summed E-state index contributed by atoms with van der Waals surface area (Å²) in [6.45, 7) is 6.36. The molecule has 2 aromatic carbocycles. The Morgan fingerprint density at radius 1 is 1.14 bits per heavy atom. The van der Waals surface area contributed by atoms with E-state index in [4.69, 9.17) is 11.6 Å². The van der Waals surface area contributed by atoms with Gasteiger partial charge in [-0.05, 0) is 61.2 Å². The molecule has 0 aliphatic carbocycles. The third-order valence-electron chi connectivity index (χ3n) is 5.16. The Labute approximate surface area is 171 Å². The number of carbonyl (C=O) groups is 1. The van der Waals surface area contributed by atoms with Gasteiger partial charge in [-0.15, -0.1) is 0 Å². The van der Waals surface area contributed by atoms with Crippen LogP contribution in [0.15, 0.2) is 48.5 Å². The Morgan fingerprint density at radius 3 is 2.68 bits per heavy atom. The maximum atomic E-state index is 12.8. The minimum absolute atomic E-state index is 0.0816. The second-order valence-corrected chi connectivity index (χ2v) is 7.78. The number of rotatable bonds is 7. The van der Waals surface area contributed by atoms with E-state index in [0.29, 0.717) is 10.9 Å². The second kappa shape index (κ2) is 9.16. The summed E-state index contributed by atoms with van der Waals surface area (Å²) in [5, 5.41) is 7.93. The van der Waals surface area contributed by atoms with E-state index in [-0.39, 0.29) is 12.1 Å². The molecule has 0 saturated carbocycles. The molecule has 2 amide bonds. The molecule has 2 unspecified atom stereocenters. The highest BCUT2D eigenvalue weighted by atomic mass is 35.5. The maximum absolute atomic E-state index is 12.8. The van der Waals surface area contributed by atoms with Crippen LogP contribution >= 0.6 is 11.6 Å². The number of carbonyl (C=O) groups excluding carboxylic acids is 1. The summed E-state index contributed by atoms with van der Waals surface area (Å²) in [5.74, 6) is 0.351. The molecule has 148 valence electrons. The van der Waals surface area contributed by atoms with E-state index >= 15 is 0 Å². The van der Waals surface area contributed by atoms with Crippen molar-refractivity contribution in [1.29, 1.82) is 0 Å². The molecule has 0 saturated heterocycles. The number of hydrogen-bond donors (Lipinski definition) is 3. The number of aromatic amines is 1. The van der Waals surface area contributed by atoms with Crippen LogP contribution in [0.1, 0.15) is 50.4 Å². The number of fused-ring (bicyclic) bond motifs is 1. The van der Waals surface area contributed by atoms with Gasteiger partial charge in [0, 0.05) is 27.3 Å². The van der Waals surface area contributed by atoms with E-state index in [0.717, 1.165) is 47.1 Å². The van der Waals surface area contributed by atoms with Gasteiger partial charge in [0.15, 0.2) is 0 Å². The second-order valence-electron chi connectivity index (χ2n) is 7.34. The fraction of sp³-hybridized carbons (Fsp3) is 0.348. The topological polar surface area (TPSA) is 56.9 Å². The SMILES string of the molecule is CCCC(CC)C(NC(=O)Nc1ccc2[nH]c(C)cc2c1)c1cccc(Cl)c1. The maximum Gasteiger partial charge on any atom is 0.319 e. The zero-order valence-corrected chi connectivity index (χ0v) is 17.4. The molecule has 28 heavy (non-hydrogen) atoms. The van der Waals surface area contributed by atoms with Crippen LogP contribution in [0.2, 0.25) is 5.02 Å². The Hall–Kier alpha value is -2.46. The first-order chi connectivity index (χ1) is 13.5. The standard InChI is InChI=1S/C23H28ClN3O/c1-4-7-16(5-2)22(17-8-6-9-19(24)13-17)27-23(28)26-20-10-11-21-18(14-20)12-15(3)25-21/h6,8-14,16,22,25H,4-5,7H2,1-3H3,(H2,26,27,28). The van der Waals surface area contributed by atoms with Crippen LogP contribution < -0.4 is 10.6 Å². The average Bonchev–Trinajstić information content (AvgIpc) is 3.03. The van der Waals surface area contributed by atoms with Gasteiger partial charge >= 0.3 is 6.03 Å². The largest absolute Gasteiger partial charge is 0.359 e. The van der Waals surface area contributed by atoms with Crippen molar-refractivity contribution in [3.63, 3.8) is 0 Å². The smallest absolute Gasteiger partial charge is 0.319 e. The van der Waals surface area contributed by atoms with Gasteiger partial charge in [0.2, 0.25) is 0 Å². The molecule has 0 aliphatic heterocycles. The molecule has 1 heterocycles. The van der Waals surface area contributed by atoms with Crippen molar-refractivity contribution < 1.29 is 4.79 Å². The highest BCUT2D eigenvalue weighted by Gasteiger charge is 2.23. The van der Waals surface area contributed by atoms with Crippen molar-refractivity contribution in [2.75, 3.05) is 5.32 Å². The van der Waals surface area contributed by atoms with Crippen LogP contribution in [-0.4, -0.2) is 11.0 Å². The van der Waals surface area contributed by atoms with Crippen LogP contribution in [0.4, 0.5) is 10.5 Å². The van der Waals surface area contributed by atoms with E-state index in [2.05, 4.69) is 35.5 Å². The monoisotopic (exact) mass is 397 g/mol. The Kier molecular flexibility index (Phi) is 6.63. The van der Waals surface area contributed by atoms with Gasteiger partial charge in [0.25, 0.3) is 0 Å². The summed E-state index contributed by atoms with van der Waals surface area (Å²) in [6.07, 6.45) is 3.10. The summed E-state index contributed by atoms with van der Waals surface area (Å²) < 4.78 is 0. The fourth-order valence-electron chi connectivity index (χ4n) is 3.81. The molecule has 4 nitrogen and oxygen atoms in total. The summed E-state index contributed by atoms with van der Waals surface area (Å²) in [5.41, 5.74) is 3.98. The third kappa shape index (κ3) is 4.87. The van der Waals surface area contributed by atoms with Crippen LogP contribution in [0.5, 0.6) is 0 Å². The summed E-state index contributed by atoms with van der Waals surface area (Å²) in [4.78, 5) is 16.1. The van der Waals surface area contributed by atoms with Gasteiger partial charge < -0.3 is 15.6 Å². The number of anilines is 1. The lowest BCUT2D eigenvalue weighted by Crippen LogP contribution is -2.36. The highest BCUT2D eigenvalue weighted by Crippen LogP contribution is 2.30. The molecule has 0 radical (unpaired) electrons. The van der Waals surface area contributed by atoms with Crippen molar-refractivity contribution in [3.8, 4) is 0 Å². The molecule has 2 atom stereocenters. The lowest BCUT2D eigenvalue weighted by atomic mass is 9.87. The summed E-state index contributed by atoms with van der Waals surface area (Å²) in [7, 11) is 0. The van der Waals surface area contributed by atoms with Crippen molar-refractivity contribution >= 4 is 34.2 Å². The molecular formula is C23H28ClN3O. The van der Waals surface area contributed by atoms with Gasteiger partial charge in [0.1, 0.15) is 0 Å². The highest BCUT2D eigenvalue weighted by molar-refractivity contribution is 6.30. The van der Waals surface area contributed by atoms with Gasteiger partial charge in [0.05, 0.1) is 6.04 Å². The van der Waals surface area contributed by atoms with E-state index in [1.807, 2.05) is 49.4 Å². The van der Waals surface area contributed by atoms with Crippen molar-refractivity contribution in [2.24, 2.45) is 5.92 Å². The number of aromatic nitrogens is 1. The number of halogens is 1.